The van der Waals surface area contributed by atoms with Gasteiger partial charge in [-0.2, -0.15) is 0 Å². The van der Waals surface area contributed by atoms with Crippen molar-refractivity contribution in [3.05, 3.63) is 34.9 Å². The van der Waals surface area contributed by atoms with Crippen molar-refractivity contribution in [1.29, 1.82) is 0 Å². The molecule has 1 aliphatic carbocycles. The molecular formula is C17H25NO. The first-order valence-corrected chi connectivity index (χ1v) is 7.38. The van der Waals surface area contributed by atoms with E-state index in [1.807, 2.05) is 19.1 Å². The van der Waals surface area contributed by atoms with Crippen LogP contribution >= 0.6 is 0 Å². The van der Waals surface area contributed by atoms with E-state index >= 15 is 0 Å². The average molecular weight is 259 g/mol. The Morgan fingerprint density at radius 1 is 1.21 bits per heavy atom. The van der Waals surface area contributed by atoms with E-state index < -0.39 is 0 Å². The molecule has 1 fully saturated rings. The lowest BCUT2D eigenvalue weighted by Crippen LogP contribution is -2.37. The Labute approximate surface area is 116 Å². The summed E-state index contributed by atoms with van der Waals surface area (Å²) in [6.07, 6.45) is 6.47. The van der Waals surface area contributed by atoms with E-state index in [9.17, 15) is 4.79 Å². The smallest absolute Gasteiger partial charge is 0.177 e. The lowest BCUT2D eigenvalue weighted by molar-refractivity contribution is 0.0899. The third-order valence-electron chi connectivity index (χ3n) is 4.27. The maximum Gasteiger partial charge on any atom is 0.177 e. The van der Waals surface area contributed by atoms with Crippen LogP contribution in [-0.4, -0.2) is 30.3 Å². The highest BCUT2D eigenvalue weighted by atomic mass is 16.1. The summed E-state index contributed by atoms with van der Waals surface area (Å²) in [5.74, 6) is 0.255. The number of carbonyl (C=O) groups excluding carboxylic acids is 1. The molecule has 0 radical (unpaired) electrons. The Morgan fingerprint density at radius 2 is 1.89 bits per heavy atom. The summed E-state index contributed by atoms with van der Waals surface area (Å²) < 4.78 is 0. The van der Waals surface area contributed by atoms with Gasteiger partial charge in [-0.1, -0.05) is 43.0 Å². The molecule has 104 valence electrons. The number of hydrogen-bond donors (Lipinski definition) is 0. The van der Waals surface area contributed by atoms with Crippen molar-refractivity contribution < 1.29 is 4.79 Å². The number of likely N-dealkylation sites (N-methyl/N-ethyl adjacent to an activating group) is 1. The van der Waals surface area contributed by atoms with Crippen molar-refractivity contribution >= 4 is 5.78 Å². The second-order valence-electron chi connectivity index (χ2n) is 5.95. The Hall–Kier alpha value is -1.15. The number of carbonyl (C=O) groups is 1. The van der Waals surface area contributed by atoms with Gasteiger partial charge in [0, 0.05) is 11.6 Å². The van der Waals surface area contributed by atoms with Gasteiger partial charge in [-0.15, -0.1) is 0 Å². The van der Waals surface area contributed by atoms with Gasteiger partial charge < -0.3 is 0 Å². The zero-order valence-electron chi connectivity index (χ0n) is 12.4. The highest BCUT2D eigenvalue weighted by molar-refractivity contribution is 5.98. The van der Waals surface area contributed by atoms with Gasteiger partial charge in [0.2, 0.25) is 0 Å². The molecule has 0 amide bonds. The molecule has 1 saturated carbocycles. The van der Waals surface area contributed by atoms with E-state index in [4.69, 9.17) is 0 Å². The topological polar surface area (TPSA) is 20.3 Å². The third-order valence-corrected chi connectivity index (χ3v) is 4.27. The minimum atomic E-state index is 0.255. The van der Waals surface area contributed by atoms with Crippen molar-refractivity contribution in [3.8, 4) is 0 Å². The van der Waals surface area contributed by atoms with Crippen molar-refractivity contribution in [3.63, 3.8) is 0 Å². The Morgan fingerprint density at radius 3 is 2.53 bits per heavy atom. The first-order chi connectivity index (χ1) is 9.08. The Kier molecular flexibility index (Phi) is 4.76. The van der Waals surface area contributed by atoms with Crippen LogP contribution in [-0.2, 0) is 0 Å². The summed E-state index contributed by atoms with van der Waals surface area (Å²) in [5, 5.41) is 0. The fourth-order valence-electron chi connectivity index (χ4n) is 3.09. The fraction of sp³-hybridized carbons (Fsp3) is 0.588. The summed E-state index contributed by atoms with van der Waals surface area (Å²) in [5.41, 5.74) is 3.20. The summed E-state index contributed by atoms with van der Waals surface area (Å²) in [6.45, 7) is 4.64. The molecule has 0 aromatic heterocycles. The van der Waals surface area contributed by atoms with Crippen LogP contribution in [0.4, 0.5) is 0 Å². The van der Waals surface area contributed by atoms with Gasteiger partial charge in [-0.25, -0.2) is 0 Å². The first kappa shape index (κ1) is 14.3. The number of ketones is 1. The molecule has 19 heavy (non-hydrogen) atoms. The molecular weight excluding hydrogens is 234 g/mol. The summed E-state index contributed by atoms with van der Waals surface area (Å²) in [7, 11) is 2.09. The SMILES string of the molecule is Cc1ccc(C(=O)CN(C)C2CCCCC2)c(C)c1. The second-order valence-corrected chi connectivity index (χ2v) is 5.95. The molecule has 0 N–H and O–H groups in total. The van der Waals surface area contributed by atoms with E-state index in [1.165, 1.54) is 37.7 Å². The van der Waals surface area contributed by atoms with Gasteiger partial charge in [-0.3, -0.25) is 9.69 Å². The number of Topliss-reactive ketones (excluding diaryl/α,β-unsaturated/α-hetero) is 1. The van der Waals surface area contributed by atoms with Crippen molar-refractivity contribution in [2.45, 2.75) is 52.0 Å². The zero-order chi connectivity index (χ0) is 13.8. The Bertz CT molecular complexity index is 447. The number of hydrogen-bond acceptors (Lipinski definition) is 2. The normalized spacial score (nSPS) is 16.8. The van der Waals surface area contributed by atoms with Gasteiger partial charge in [0.1, 0.15) is 0 Å². The van der Waals surface area contributed by atoms with Gasteiger partial charge >= 0.3 is 0 Å². The average Bonchev–Trinajstić information content (AvgIpc) is 2.39. The molecule has 0 aliphatic heterocycles. The minimum Gasteiger partial charge on any atom is -0.296 e. The molecule has 0 bridgehead atoms. The zero-order valence-corrected chi connectivity index (χ0v) is 12.4. The van der Waals surface area contributed by atoms with E-state index in [0.29, 0.717) is 12.6 Å². The van der Waals surface area contributed by atoms with Crippen LogP contribution in [0.5, 0.6) is 0 Å². The van der Waals surface area contributed by atoms with Crippen LogP contribution in [0.3, 0.4) is 0 Å². The number of nitrogens with zero attached hydrogens (tertiary/aromatic N) is 1. The number of rotatable bonds is 4. The van der Waals surface area contributed by atoms with E-state index in [-0.39, 0.29) is 5.78 Å². The minimum absolute atomic E-state index is 0.255. The summed E-state index contributed by atoms with van der Waals surface area (Å²) in [6, 6.07) is 6.69. The maximum absolute atomic E-state index is 12.4. The van der Waals surface area contributed by atoms with Crippen LogP contribution < -0.4 is 0 Å². The summed E-state index contributed by atoms with van der Waals surface area (Å²) in [4.78, 5) is 14.6. The maximum atomic E-state index is 12.4. The molecule has 0 atom stereocenters. The molecule has 1 aromatic rings. The molecule has 1 aromatic carbocycles. The van der Waals surface area contributed by atoms with Gasteiger partial charge in [0.15, 0.2) is 5.78 Å². The van der Waals surface area contributed by atoms with Crippen molar-refractivity contribution in [1.82, 2.24) is 4.90 Å². The van der Waals surface area contributed by atoms with Crippen molar-refractivity contribution in [2.24, 2.45) is 0 Å². The van der Waals surface area contributed by atoms with Crippen LogP contribution in [0, 0.1) is 13.8 Å². The van der Waals surface area contributed by atoms with Gasteiger partial charge in [-0.05, 0) is 39.3 Å². The predicted octanol–water partition coefficient (Wildman–Crippen LogP) is 3.75. The molecule has 0 unspecified atom stereocenters. The molecule has 2 nitrogen and oxygen atoms in total. The van der Waals surface area contributed by atoms with E-state index in [2.05, 4.69) is 24.9 Å². The predicted molar refractivity (Wildman–Crippen MR) is 79.7 cm³/mol. The van der Waals surface area contributed by atoms with Crippen LogP contribution in [0.2, 0.25) is 0 Å². The molecule has 2 rings (SSSR count). The number of aryl methyl sites for hydroxylation is 2. The third kappa shape index (κ3) is 3.66. The quantitative estimate of drug-likeness (QED) is 0.768. The largest absolute Gasteiger partial charge is 0.296 e. The van der Waals surface area contributed by atoms with Crippen LogP contribution in [0.25, 0.3) is 0 Å². The molecule has 0 spiro atoms. The molecule has 2 heteroatoms. The Balaban J connectivity index is 1.99. The van der Waals surface area contributed by atoms with E-state index in [0.717, 1.165) is 11.1 Å². The van der Waals surface area contributed by atoms with Crippen molar-refractivity contribution in [2.75, 3.05) is 13.6 Å². The first-order valence-electron chi connectivity index (χ1n) is 7.38. The lowest BCUT2D eigenvalue weighted by Gasteiger charge is -2.30. The van der Waals surface area contributed by atoms with Gasteiger partial charge in [0.25, 0.3) is 0 Å². The van der Waals surface area contributed by atoms with Gasteiger partial charge in [0.05, 0.1) is 6.54 Å². The van der Waals surface area contributed by atoms with E-state index in [1.54, 1.807) is 0 Å². The van der Waals surface area contributed by atoms with Crippen LogP contribution in [0.15, 0.2) is 18.2 Å². The monoisotopic (exact) mass is 259 g/mol. The standard InChI is InChI=1S/C17H25NO/c1-13-9-10-16(14(2)11-13)17(19)12-18(3)15-7-5-4-6-8-15/h9-11,15H,4-8,12H2,1-3H3. The second kappa shape index (κ2) is 6.33. The number of benzene rings is 1. The fourth-order valence-corrected chi connectivity index (χ4v) is 3.09. The molecule has 0 heterocycles. The van der Waals surface area contributed by atoms with Crippen LogP contribution in [0.1, 0.15) is 53.6 Å². The lowest BCUT2D eigenvalue weighted by atomic mass is 9.94. The molecule has 1 aliphatic rings. The summed E-state index contributed by atoms with van der Waals surface area (Å²) >= 11 is 0. The highest BCUT2D eigenvalue weighted by Gasteiger charge is 2.20. The molecule has 0 saturated heterocycles. The highest BCUT2D eigenvalue weighted by Crippen LogP contribution is 2.22.